The lowest BCUT2D eigenvalue weighted by atomic mass is 10.1. The number of halogens is 1. The number of aromatic amines is 1. The van der Waals surface area contributed by atoms with Crippen LogP contribution in [0.4, 0.5) is 4.39 Å². The number of furan rings is 1. The van der Waals surface area contributed by atoms with Crippen LogP contribution in [-0.2, 0) is 4.74 Å². The molecule has 0 saturated carbocycles. The van der Waals surface area contributed by atoms with Crippen molar-refractivity contribution in [3.8, 4) is 0 Å². The molecule has 2 heterocycles. The molecule has 18 heavy (non-hydrogen) atoms. The average molecular weight is 253 g/mol. The zero-order valence-corrected chi connectivity index (χ0v) is 10.6. The largest absolute Gasteiger partial charge is 0.459 e. The summed E-state index contributed by atoms with van der Waals surface area (Å²) in [7, 11) is 0. The summed E-state index contributed by atoms with van der Waals surface area (Å²) in [5.41, 5.74) is 0.721. The number of carbonyl (C=O) groups excluding carboxylic acids is 1. The number of nitrogens with one attached hydrogen (secondary N) is 1. The van der Waals surface area contributed by atoms with E-state index in [-0.39, 0.29) is 23.2 Å². The number of esters is 1. The number of hydrogen-bond acceptors (Lipinski definition) is 3. The van der Waals surface area contributed by atoms with Gasteiger partial charge in [-0.1, -0.05) is 20.8 Å². The van der Waals surface area contributed by atoms with Gasteiger partial charge in [0.05, 0.1) is 0 Å². The highest BCUT2D eigenvalue weighted by Crippen LogP contribution is 2.21. The maximum atomic E-state index is 13.2. The molecule has 0 aromatic carbocycles. The zero-order valence-electron chi connectivity index (χ0n) is 10.6. The molecular formula is C13H16FNO3. The van der Waals surface area contributed by atoms with E-state index < -0.39 is 11.8 Å². The second-order valence-corrected chi connectivity index (χ2v) is 4.60. The minimum atomic E-state index is -0.514. The monoisotopic (exact) mass is 253 g/mol. The van der Waals surface area contributed by atoms with E-state index in [1.54, 1.807) is 0 Å². The highest BCUT2D eigenvalue weighted by Gasteiger charge is 2.20. The molecule has 0 aliphatic heterocycles. The molecule has 1 atom stereocenters. The summed E-state index contributed by atoms with van der Waals surface area (Å²) in [5.74, 6) is -0.755. The smallest absolute Gasteiger partial charge is 0.355 e. The molecule has 0 saturated heterocycles. The van der Waals surface area contributed by atoms with Crippen molar-refractivity contribution in [3.05, 3.63) is 23.8 Å². The van der Waals surface area contributed by atoms with Gasteiger partial charge in [0.25, 0.3) is 0 Å². The molecule has 0 bridgehead atoms. The van der Waals surface area contributed by atoms with Gasteiger partial charge in [-0.3, -0.25) is 0 Å². The van der Waals surface area contributed by atoms with Gasteiger partial charge >= 0.3 is 5.97 Å². The second-order valence-electron chi connectivity index (χ2n) is 4.60. The molecule has 0 aliphatic carbocycles. The number of rotatable bonds is 4. The molecule has 2 aromatic rings. The average Bonchev–Trinajstić information content (AvgIpc) is 2.88. The predicted octanol–water partition coefficient (Wildman–Crippen LogP) is 3.49. The van der Waals surface area contributed by atoms with Gasteiger partial charge in [-0.2, -0.15) is 0 Å². The number of ether oxygens (including phenoxy) is 1. The summed E-state index contributed by atoms with van der Waals surface area (Å²) in [5, 5.41) is 0. The normalized spacial score (nSPS) is 13.2. The summed E-state index contributed by atoms with van der Waals surface area (Å²) in [4.78, 5) is 14.5. The lowest BCUT2D eigenvalue weighted by Crippen LogP contribution is -2.23. The van der Waals surface area contributed by atoms with Crippen LogP contribution in [0.25, 0.3) is 11.1 Å². The number of carbonyl (C=O) groups is 1. The van der Waals surface area contributed by atoms with Gasteiger partial charge in [-0.15, -0.1) is 0 Å². The van der Waals surface area contributed by atoms with Crippen LogP contribution in [0, 0.1) is 11.7 Å². The summed E-state index contributed by atoms with van der Waals surface area (Å²) in [6.45, 7) is 5.93. The molecule has 0 fully saturated rings. The molecule has 2 aromatic heterocycles. The topological polar surface area (TPSA) is 55.2 Å². The van der Waals surface area contributed by atoms with Crippen molar-refractivity contribution < 1.29 is 18.3 Å². The van der Waals surface area contributed by atoms with Gasteiger partial charge in [0.1, 0.15) is 23.6 Å². The fourth-order valence-corrected chi connectivity index (χ4v) is 1.88. The fourth-order valence-electron chi connectivity index (χ4n) is 1.88. The Morgan fingerprint density at radius 1 is 1.56 bits per heavy atom. The molecule has 5 heteroatoms. The Morgan fingerprint density at radius 3 is 2.83 bits per heavy atom. The number of hydrogen-bond donors (Lipinski definition) is 1. The van der Waals surface area contributed by atoms with Crippen molar-refractivity contribution in [2.24, 2.45) is 5.92 Å². The van der Waals surface area contributed by atoms with Crippen molar-refractivity contribution >= 4 is 17.1 Å². The first-order valence-corrected chi connectivity index (χ1v) is 5.99. The van der Waals surface area contributed by atoms with E-state index in [9.17, 15) is 9.18 Å². The molecule has 2 rings (SSSR count). The second kappa shape index (κ2) is 4.84. The number of fused-ring (bicyclic) bond motifs is 1. The Hall–Kier alpha value is -1.78. The zero-order chi connectivity index (χ0) is 13.3. The van der Waals surface area contributed by atoms with Crippen LogP contribution < -0.4 is 0 Å². The highest BCUT2D eigenvalue weighted by molar-refractivity contribution is 5.93. The first-order chi connectivity index (χ1) is 8.52. The third kappa shape index (κ3) is 2.25. The SMILES string of the molecule is CCC(OC(=O)c1cc2occ(F)c2[nH]1)C(C)C. The quantitative estimate of drug-likeness (QED) is 0.848. The molecule has 1 N–H and O–H groups in total. The third-order valence-corrected chi connectivity index (χ3v) is 2.93. The minimum absolute atomic E-state index is 0.142. The molecular weight excluding hydrogens is 237 g/mol. The van der Waals surface area contributed by atoms with Gasteiger partial charge in [0.15, 0.2) is 11.4 Å². The van der Waals surface area contributed by atoms with E-state index in [2.05, 4.69) is 4.98 Å². The van der Waals surface area contributed by atoms with Crippen molar-refractivity contribution in [3.63, 3.8) is 0 Å². The Labute approximate surface area is 104 Å². The van der Waals surface area contributed by atoms with Crippen LogP contribution in [0.15, 0.2) is 16.7 Å². The Morgan fingerprint density at radius 2 is 2.28 bits per heavy atom. The van der Waals surface area contributed by atoms with E-state index in [4.69, 9.17) is 9.15 Å². The van der Waals surface area contributed by atoms with Crippen LogP contribution >= 0.6 is 0 Å². The Balaban J connectivity index is 2.18. The van der Waals surface area contributed by atoms with Gasteiger partial charge in [0, 0.05) is 6.07 Å². The predicted molar refractivity (Wildman–Crippen MR) is 64.9 cm³/mol. The van der Waals surface area contributed by atoms with E-state index in [1.165, 1.54) is 6.07 Å². The first kappa shape index (κ1) is 12.7. The third-order valence-electron chi connectivity index (χ3n) is 2.93. The summed E-state index contributed by atoms with van der Waals surface area (Å²) < 4.78 is 23.5. The number of H-pyrrole nitrogens is 1. The standard InChI is InChI=1S/C13H16FNO3/c1-4-10(7(2)3)18-13(16)9-5-11-12(15-9)8(14)6-17-11/h5-7,10,15H,4H2,1-3H3. The lowest BCUT2D eigenvalue weighted by Gasteiger charge is -2.19. The minimum Gasteiger partial charge on any atom is -0.459 e. The molecule has 0 amide bonds. The maximum absolute atomic E-state index is 13.2. The molecule has 0 radical (unpaired) electrons. The van der Waals surface area contributed by atoms with Crippen LogP contribution in [-0.4, -0.2) is 17.1 Å². The maximum Gasteiger partial charge on any atom is 0.355 e. The van der Waals surface area contributed by atoms with Crippen LogP contribution in [0.3, 0.4) is 0 Å². The number of aromatic nitrogens is 1. The molecule has 4 nitrogen and oxygen atoms in total. The Kier molecular flexibility index (Phi) is 3.41. The Bertz CT molecular complexity index is 556. The van der Waals surface area contributed by atoms with Crippen molar-refractivity contribution in [2.75, 3.05) is 0 Å². The van der Waals surface area contributed by atoms with Gasteiger partial charge in [0.2, 0.25) is 0 Å². The van der Waals surface area contributed by atoms with Gasteiger partial charge in [-0.25, -0.2) is 9.18 Å². The van der Waals surface area contributed by atoms with Gasteiger partial charge in [-0.05, 0) is 12.3 Å². The van der Waals surface area contributed by atoms with Gasteiger partial charge < -0.3 is 14.1 Å². The molecule has 98 valence electrons. The van der Waals surface area contributed by atoms with Crippen LogP contribution in [0.5, 0.6) is 0 Å². The van der Waals surface area contributed by atoms with E-state index in [1.807, 2.05) is 20.8 Å². The van der Waals surface area contributed by atoms with Crippen molar-refractivity contribution in [1.29, 1.82) is 0 Å². The van der Waals surface area contributed by atoms with Crippen LogP contribution in [0.2, 0.25) is 0 Å². The summed E-state index contributed by atoms with van der Waals surface area (Å²) in [6, 6.07) is 1.45. The fraction of sp³-hybridized carbons (Fsp3) is 0.462. The molecule has 0 aliphatic rings. The lowest BCUT2D eigenvalue weighted by molar-refractivity contribution is 0.0167. The molecule has 0 spiro atoms. The highest BCUT2D eigenvalue weighted by atomic mass is 19.1. The summed E-state index contributed by atoms with van der Waals surface area (Å²) >= 11 is 0. The summed E-state index contributed by atoms with van der Waals surface area (Å²) in [6.07, 6.45) is 1.60. The van der Waals surface area contributed by atoms with Crippen molar-refractivity contribution in [1.82, 2.24) is 4.98 Å². The van der Waals surface area contributed by atoms with Crippen molar-refractivity contribution in [2.45, 2.75) is 33.3 Å². The van der Waals surface area contributed by atoms with E-state index >= 15 is 0 Å². The first-order valence-electron chi connectivity index (χ1n) is 5.99. The van der Waals surface area contributed by atoms with Crippen LogP contribution in [0.1, 0.15) is 37.7 Å². The molecule has 1 unspecified atom stereocenters. The van der Waals surface area contributed by atoms with E-state index in [0.29, 0.717) is 5.58 Å². The van der Waals surface area contributed by atoms with E-state index in [0.717, 1.165) is 12.7 Å².